The van der Waals surface area contributed by atoms with E-state index in [4.69, 9.17) is 0 Å². The number of carbonyl (C=O) groups is 2. The second-order valence-electron chi connectivity index (χ2n) is 8.10. The molecule has 0 saturated heterocycles. The lowest BCUT2D eigenvalue weighted by Crippen LogP contribution is -2.44. The highest BCUT2D eigenvalue weighted by atomic mass is 16.2. The van der Waals surface area contributed by atoms with Gasteiger partial charge in [-0.3, -0.25) is 9.59 Å². The Morgan fingerprint density at radius 2 is 1.18 bits per heavy atom. The monoisotopic (exact) mass is 386 g/mol. The molecule has 0 bridgehead atoms. The summed E-state index contributed by atoms with van der Waals surface area (Å²) in [5.74, 6) is -0.266. The smallest absolute Gasteiger partial charge is 0.271 e. The number of carbonyl (C=O) groups excluding carboxylic acids is 2. The Hall–Kier alpha value is -2.64. The van der Waals surface area contributed by atoms with Crippen LogP contribution in [0.4, 0.5) is 0 Å². The van der Waals surface area contributed by atoms with Crippen molar-refractivity contribution in [3.05, 3.63) is 36.4 Å². The molecule has 3 rings (SSSR count). The molecule has 0 spiro atoms. The van der Waals surface area contributed by atoms with E-state index in [9.17, 15) is 9.59 Å². The predicted octanol–water partition coefficient (Wildman–Crippen LogP) is 2.71. The maximum absolute atomic E-state index is 12.4. The summed E-state index contributed by atoms with van der Waals surface area (Å²) in [5.41, 5.74) is 0.898. The van der Waals surface area contributed by atoms with Crippen molar-refractivity contribution in [3.63, 3.8) is 0 Å². The molecule has 1 saturated carbocycles. The van der Waals surface area contributed by atoms with Gasteiger partial charge >= 0.3 is 0 Å². The Morgan fingerprint density at radius 3 is 1.46 bits per heavy atom. The van der Waals surface area contributed by atoms with Crippen LogP contribution < -0.4 is 10.6 Å². The molecule has 0 atom stereocenters. The summed E-state index contributed by atoms with van der Waals surface area (Å²) in [4.78, 5) is 33.1. The van der Waals surface area contributed by atoms with Crippen LogP contribution in [0.15, 0.2) is 25.0 Å². The molecule has 0 unspecified atom stereocenters. The molecule has 0 aromatic carbocycles. The molecule has 0 aliphatic heterocycles. The van der Waals surface area contributed by atoms with Crippen LogP contribution in [0.2, 0.25) is 0 Å². The zero-order valence-electron chi connectivity index (χ0n) is 17.1. The topological polar surface area (TPSA) is 93.8 Å². The molecular formula is C20H30N6O2. The van der Waals surface area contributed by atoms with Gasteiger partial charge in [-0.1, -0.05) is 0 Å². The van der Waals surface area contributed by atoms with Gasteiger partial charge in [0.2, 0.25) is 0 Å². The maximum Gasteiger partial charge on any atom is 0.271 e. The predicted molar refractivity (Wildman–Crippen MR) is 106 cm³/mol. The highest BCUT2D eigenvalue weighted by Gasteiger charge is 2.25. The van der Waals surface area contributed by atoms with Gasteiger partial charge in [0.1, 0.15) is 11.4 Å². The fraction of sp³-hybridized carbons (Fsp3) is 0.600. The number of amides is 2. The van der Waals surface area contributed by atoms with E-state index in [1.165, 1.54) is 0 Å². The van der Waals surface area contributed by atoms with Crippen LogP contribution in [-0.4, -0.2) is 43.0 Å². The van der Waals surface area contributed by atoms with Crippen LogP contribution in [0.25, 0.3) is 0 Å². The molecule has 1 aliphatic rings. The van der Waals surface area contributed by atoms with Gasteiger partial charge in [-0.25, -0.2) is 9.97 Å². The lowest BCUT2D eigenvalue weighted by atomic mass is 9.91. The largest absolute Gasteiger partial charge is 0.348 e. The van der Waals surface area contributed by atoms with Gasteiger partial charge in [-0.05, 0) is 53.4 Å². The number of rotatable bonds is 6. The Kier molecular flexibility index (Phi) is 6.16. The average molecular weight is 387 g/mol. The molecule has 2 N–H and O–H groups in total. The van der Waals surface area contributed by atoms with Crippen LogP contribution in [0.1, 0.15) is 86.4 Å². The summed E-state index contributed by atoms with van der Waals surface area (Å²) < 4.78 is 3.84. The summed E-state index contributed by atoms with van der Waals surface area (Å²) in [5, 5.41) is 6.13. The van der Waals surface area contributed by atoms with Crippen molar-refractivity contribution in [3.8, 4) is 0 Å². The molecule has 28 heavy (non-hydrogen) atoms. The summed E-state index contributed by atoms with van der Waals surface area (Å²) in [7, 11) is 0. The van der Waals surface area contributed by atoms with Crippen LogP contribution >= 0.6 is 0 Å². The first-order valence-electron chi connectivity index (χ1n) is 10.0. The third kappa shape index (κ3) is 4.79. The Morgan fingerprint density at radius 1 is 0.821 bits per heavy atom. The van der Waals surface area contributed by atoms with Gasteiger partial charge in [0.05, 0.1) is 12.7 Å². The lowest BCUT2D eigenvalue weighted by molar-refractivity contribution is 0.0887. The van der Waals surface area contributed by atoms with E-state index >= 15 is 0 Å². The minimum Gasteiger partial charge on any atom is -0.348 e. The van der Waals surface area contributed by atoms with Gasteiger partial charge in [-0.2, -0.15) is 0 Å². The summed E-state index contributed by atoms with van der Waals surface area (Å²) >= 11 is 0. The number of nitrogens with one attached hydrogen (secondary N) is 2. The summed E-state index contributed by atoms with van der Waals surface area (Å²) in [6.45, 7) is 8.19. The van der Waals surface area contributed by atoms with Crippen molar-refractivity contribution in [2.75, 3.05) is 0 Å². The molecule has 1 fully saturated rings. The summed E-state index contributed by atoms with van der Waals surface area (Å²) in [6, 6.07) is 0.787. The van der Waals surface area contributed by atoms with Crippen LogP contribution in [-0.2, 0) is 0 Å². The molecule has 0 radical (unpaired) electrons. The first-order chi connectivity index (χ1) is 13.3. The van der Waals surface area contributed by atoms with Gasteiger partial charge in [0.25, 0.3) is 11.8 Å². The first kappa shape index (κ1) is 20.1. The highest BCUT2D eigenvalue weighted by molar-refractivity contribution is 5.92. The van der Waals surface area contributed by atoms with E-state index in [2.05, 4.69) is 20.6 Å². The average Bonchev–Trinajstić information content (AvgIpc) is 3.33. The van der Waals surface area contributed by atoms with Crippen LogP contribution in [0, 0.1) is 0 Å². The number of nitrogens with zero attached hydrogens (tertiary/aromatic N) is 4. The van der Waals surface area contributed by atoms with Crippen molar-refractivity contribution in [1.29, 1.82) is 0 Å². The molecule has 1 aliphatic carbocycles. The molecule has 8 heteroatoms. The number of aromatic nitrogens is 4. The van der Waals surface area contributed by atoms with E-state index in [0.717, 1.165) is 25.7 Å². The second kappa shape index (κ2) is 8.58. The van der Waals surface area contributed by atoms with Crippen LogP contribution in [0.3, 0.4) is 0 Å². The SMILES string of the molecule is CC(C)n1cnc(C(=O)NC2CCC(NC(=O)c3cn(C(C)C)cn3)CC2)c1. The van der Waals surface area contributed by atoms with E-state index in [1.807, 2.05) is 36.8 Å². The number of hydrogen-bond acceptors (Lipinski definition) is 4. The fourth-order valence-corrected chi connectivity index (χ4v) is 3.37. The Balaban J connectivity index is 1.46. The van der Waals surface area contributed by atoms with Gasteiger partial charge in [0, 0.05) is 36.6 Å². The zero-order chi connectivity index (χ0) is 20.3. The Labute approximate surface area is 165 Å². The van der Waals surface area contributed by atoms with E-state index in [0.29, 0.717) is 11.4 Å². The van der Waals surface area contributed by atoms with E-state index in [1.54, 1.807) is 25.0 Å². The minimum absolute atomic E-state index is 0.116. The van der Waals surface area contributed by atoms with Crippen molar-refractivity contribution >= 4 is 11.8 Å². The fourth-order valence-electron chi connectivity index (χ4n) is 3.37. The van der Waals surface area contributed by atoms with E-state index < -0.39 is 0 Å². The number of imidazole rings is 2. The molecular weight excluding hydrogens is 356 g/mol. The molecule has 2 amide bonds. The maximum atomic E-state index is 12.4. The normalized spacial score (nSPS) is 19.8. The molecule has 152 valence electrons. The van der Waals surface area contributed by atoms with Crippen molar-refractivity contribution in [1.82, 2.24) is 29.7 Å². The van der Waals surface area contributed by atoms with Gasteiger partial charge < -0.3 is 19.8 Å². The third-order valence-electron chi connectivity index (χ3n) is 5.26. The quantitative estimate of drug-likeness (QED) is 0.798. The lowest BCUT2D eigenvalue weighted by Gasteiger charge is -2.29. The Bertz CT molecular complexity index is 746. The van der Waals surface area contributed by atoms with Crippen molar-refractivity contribution < 1.29 is 9.59 Å². The van der Waals surface area contributed by atoms with E-state index in [-0.39, 0.29) is 36.0 Å². The molecule has 8 nitrogen and oxygen atoms in total. The van der Waals surface area contributed by atoms with Crippen molar-refractivity contribution in [2.24, 2.45) is 0 Å². The van der Waals surface area contributed by atoms with Gasteiger partial charge in [0.15, 0.2) is 0 Å². The summed E-state index contributed by atoms with van der Waals surface area (Å²) in [6.07, 6.45) is 10.3. The second-order valence-corrected chi connectivity index (χ2v) is 8.10. The highest BCUT2D eigenvalue weighted by Crippen LogP contribution is 2.20. The van der Waals surface area contributed by atoms with Crippen LogP contribution in [0.5, 0.6) is 0 Å². The molecule has 2 heterocycles. The zero-order valence-corrected chi connectivity index (χ0v) is 17.1. The molecule has 2 aromatic rings. The standard InChI is InChI=1S/C20H30N6O2/c1-13(2)25-9-17(21-11-25)19(27)23-15-5-7-16(8-6-15)24-20(28)18-10-26(12-22-18)14(3)4/h9-16H,5-8H2,1-4H3,(H,23,27)(H,24,28). The van der Waals surface area contributed by atoms with Gasteiger partial charge in [-0.15, -0.1) is 0 Å². The minimum atomic E-state index is -0.133. The third-order valence-corrected chi connectivity index (χ3v) is 5.26. The first-order valence-corrected chi connectivity index (χ1v) is 10.0. The molecule has 2 aromatic heterocycles. The number of hydrogen-bond donors (Lipinski definition) is 2. The van der Waals surface area contributed by atoms with Crippen molar-refractivity contribution in [2.45, 2.75) is 77.5 Å².